The molecule has 0 radical (unpaired) electrons. The number of rotatable bonds is 7. The molecule has 1 N–H and O–H groups in total. The minimum absolute atomic E-state index is 0.138. The van der Waals surface area contributed by atoms with Crippen LogP contribution in [0.3, 0.4) is 0 Å². The molecule has 1 fully saturated rings. The molecule has 5 nitrogen and oxygen atoms in total. The lowest BCUT2D eigenvalue weighted by molar-refractivity contribution is 0.0186. The summed E-state index contributed by atoms with van der Waals surface area (Å²) in [6, 6.07) is 7.38. The van der Waals surface area contributed by atoms with E-state index in [2.05, 4.69) is 5.32 Å². The van der Waals surface area contributed by atoms with Crippen LogP contribution in [0, 0.1) is 0 Å². The van der Waals surface area contributed by atoms with Crippen LogP contribution in [0.4, 0.5) is 4.79 Å². The topological polar surface area (TPSA) is 50.8 Å². The molecule has 0 aliphatic carbocycles. The van der Waals surface area contributed by atoms with E-state index in [9.17, 15) is 4.79 Å². The molecule has 1 atom stereocenters. The number of halogens is 1. The lowest BCUT2D eigenvalue weighted by Gasteiger charge is -2.19. The standard InChI is InChI=1S/C16H23ClN2O3/c1-19(11-13-5-2-3-7-15(13)17)16(20)18-8-10-21-12-14-6-4-9-22-14/h2-3,5,7,14H,4,6,8-12H2,1H3,(H,18,20)/t14-/m0/s1. The van der Waals surface area contributed by atoms with Gasteiger partial charge >= 0.3 is 6.03 Å². The van der Waals surface area contributed by atoms with Crippen LogP contribution in [0.15, 0.2) is 24.3 Å². The molecule has 1 aliphatic rings. The fourth-order valence-corrected chi connectivity index (χ4v) is 2.51. The van der Waals surface area contributed by atoms with E-state index in [1.807, 2.05) is 24.3 Å². The zero-order chi connectivity index (χ0) is 15.8. The van der Waals surface area contributed by atoms with E-state index in [1.165, 1.54) is 0 Å². The summed E-state index contributed by atoms with van der Waals surface area (Å²) in [5, 5.41) is 3.49. The van der Waals surface area contributed by atoms with Gasteiger partial charge in [-0.05, 0) is 24.5 Å². The zero-order valence-electron chi connectivity index (χ0n) is 12.9. The van der Waals surface area contributed by atoms with Crippen molar-refractivity contribution in [1.29, 1.82) is 0 Å². The van der Waals surface area contributed by atoms with Gasteiger partial charge in [-0.25, -0.2) is 4.79 Å². The van der Waals surface area contributed by atoms with Gasteiger partial charge in [-0.1, -0.05) is 29.8 Å². The lowest BCUT2D eigenvalue weighted by Crippen LogP contribution is -2.38. The molecule has 0 unspecified atom stereocenters. The number of nitrogens with one attached hydrogen (secondary N) is 1. The Hall–Kier alpha value is -1.30. The van der Waals surface area contributed by atoms with Gasteiger partial charge in [-0.2, -0.15) is 0 Å². The summed E-state index contributed by atoms with van der Waals surface area (Å²) in [4.78, 5) is 13.6. The third kappa shape index (κ3) is 5.48. The van der Waals surface area contributed by atoms with Gasteiger partial charge in [0, 0.05) is 31.8 Å². The number of ether oxygens (including phenoxy) is 2. The van der Waals surface area contributed by atoms with Crippen LogP contribution in [0.5, 0.6) is 0 Å². The number of nitrogens with zero attached hydrogens (tertiary/aromatic N) is 1. The van der Waals surface area contributed by atoms with Crippen molar-refractivity contribution in [3.05, 3.63) is 34.9 Å². The first-order chi connectivity index (χ1) is 10.7. The van der Waals surface area contributed by atoms with Crippen molar-refractivity contribution in [2.45, 2.75) is 25.5 Å². The average Bonchev–Trinajstić information content (AvgIpc) is 3.02. The fourth-order valence-electron chi connectivity index (χ4n) is 2.31. The first-order valence-electron chi connectivity index (χ1n) is 7.58. The summed E-state index contributed by atoms with van der Waals surface area (Å²) < 4.78 is 11.0. The van der Waals surface area contributed by atoms with Gasteiger partial charge in [0.15, 0.2) is 0 Å². The van der Waals surface area contributed by atoms with Crippen LogP contribution < -0.4 is 5.32 Å². The Morgan fingerprint density at radius 3 is 3.05 bits per heavy atom. The largest absolute Gasteiger partial charge is 0.377 e. The van der Waals surface area contributed by atoms with E-state index >= 15 is 0 Å². The van der Waals surface area contributed by atoms with E-state index in [1.54, 1.807) is 11.9 Å². The SMILES string of the molecule is CN(Cc1ccccc1Cl)C(=O)NCCOC[C@@H]1CCCO1. The number of urea groups is 1. The van der Waals surface area contributed by atoms with Crippen molar-refractivity contribution in [3.8, 4) is 0 Å². The number of hydrogen-bond acceptors (Lipinski definition) is 3. The van der Waals surface area contributed by atoms with Crippen LogP contribution in [-0.4, -0.2) is 50.4 Å². The maximum atomic E-state index is 12.0. The van der Waals surface area contributed by atoms with Gasteiger partial charge in [0.05, 0.1) is 19.3 Å². The molecule has 1 aromatic rings. The highest BCUT2D eigenvalue weighted by Crippen LogP contribution is 2.16. The number of carbonyl (C=O) groups is 1. The second-order valence-electron chi connectivity index (χ2n) is 5.39. The van der Waals surface area contributed by atoms with Crippen LogP contribution in [-0.2, 0) is 16.0 Å². The molecule has 1 aromatic carbocycles. The van der Waals surface area contributed by atoms with E-state index < -0.39 is 0 Å². The second kappa shape index (κ2) is 8.98. The van der Waals surface area contributed by atoms with Gasteiger partial charge in [0.2, 0.25) is 0 Å². The maximum Gasteiger partial charge on any atom is 0.317 e. The Balaban J connectivity index is 1.61. The summed E-state index contributed by atoms with van der Waals surface area (Å²) in [6.45, 7) is 2.88. The van der Waals surface area contributed by atoms with E-state index in [0.29, 0.717) is 31.3 Å². The lowest BCUT2D eigenvalue weighted by atomic mass is 10.2. The van der Waals surface area contributed by atoms with Crippen LogP contribution in [0.25, 0.3) is 0 Å². The van der Waals surface area contributed by atoms with Gasteiger partial charge < -0.3 is 19.7 Å². The minimum Gasteiger partial charge on any atom is -0.377 e. The summed E-state index contributed by atoms with van der Waals surface area (Å²) >= 11 is 6.09. The second-order valence-corrected chi connectivity index (χ2v) is 5.80. The van der Waals surface area contributed by atoms with E-state index in [0.717, 1.165) is 25.0 Å². The highest BCUT2D eigenvalue weighted by molar-refractivity contribution is 6.31. The molecule has 2 amide bonds. The normalized spacial score (nSPS) is 17.5. The van der Waals surface area contributed by atoms with Crippen molar-refractivity contribution >= 4 is 17.6 Å². The highest BCUT2D eigenvalue weighted by Gasteiger charge is 2.15. The number of carbonyl (C=O) groups excluding carboxylic acids is 1. The quantitative estimate of drug-likeness (QED) is 0.784. The van der Waals surface area contributed by atoms with Crippen molar-refractivity contribution in [2.24, 2.45) is 0 Å². The molecule has 0 saturated carbocycles. The predicted molar refractivity (Wildman–Crippen MR) is 86.1 cm³/mol. The third-order valence-electron chi connectivity index (χ3n) is 3.56. The molecule has 6 heteroatoms. The molecule has 0 aromatic heterocycles. The first-order valence-corrected chi connectivity index (χ1v) is 7.96. The fraction of sp³-hybridized carbons (Fsp3) is 0.562. The molecule has 1 saturated heterocycles. The van der Waals surface area contributed by atoms with Gasteiger partial charge in [-0.3, -0.25) is 0 Å². The van der Waals surface area contributed by atoms with Crippen LogP contribution in [0.1, 0.15) is 18.4 Å². The zero-order valence-corrected chi connectivity index (χ0v) is 13.6. The van der Waals surface area contributed by atoms with Crippen molar-refractivity contribution in [3.63, 3.8) is 0 Å². The molecule has 0 bridgehead atoms. The number of benzene rings is 1. The molecule has 22 heavy (non-hydrogen) atoms. The number of amides is 2. The van der Waals surface area contributed by atoms with Crippen LogP contribution in [0.2, 0.25) is 5.02 Å². The summed E-state index contributed by atoms with van der Waals surface area (Å²) in [6.07, 6.45) is 2.39. The summed E-state index contributed by atoms with van der Waals surface area (Å²) in [5.41, 5.74) is 0.927. The van der Waals surface area contributed by atoms with Gasteiger partial charge in [0.1, 0.15) is 0 Å². The molecule has 0 spiro atoms. The Morgan fingerprint density at radius 2 is 2.32 bits per heavy atom. The van der Waals surface area contributed by atoms with Crippen LogP contribution >= 0.6 is 11.6 Å². The Labute approximate surface area is 136 Å². The molecule has 122 valence electrons. The van der Waals surface area contributed by atoms with E-state index in [4.69, 9.17) is 21.1 Å². The van der Waals surface area contributed by atoms with Crippen molar-refractivity contribution in [2.75, 3.05) is 33.4 Å². The molecule has 2 rings (SSSR count). The maximum absolute atomic E-state index is 12.0. The molecular formula is C16H23ClN2O3. The van der Waals surface area contributed by atoms with Crippen molar-refractivity contribution in [1.82, 2.24) is 10.2 Å². The number of hydrogen-bond donors (Lipinski definition) is 1. The predicted octanol–water partition coefficient (Wildman–Crippen LogP) is 2.68. The van der Waals surface area contributed by atoms with Gasteiger partial charge in [0.25, 0.3) is 0 Å². The molecular weight excluding hydrogens is 304 g/mol. The Kier molecular flexibility index (Phi) is 6.96. The molecule has 1 aliphatic heterocycles. The summed E-state index contributed by atoms with van der Waals surface area (Å²) in [5.74, 6) is 0. The average molecular weight is 327 g/mol. The van der Waals surface area contributed by atoms with Gasteiger partial charge in [-0.15, -0.1) is 0 Å². The molecule has 1 heterocycles. The monoisotopic (exact) mass is 326 g/mol. The third-order valence-corrected chi connectivity index (χ3v) is 3.93. The first kappa shape index (κ1) is 17.1. The van der Waals surface area contributed by atoms with Crippen molar-refractivity contribution < 1.29 is 14.3 Å². The van der Waals surface area contributed by atoms with E-state index in [-0.39, 0.29) is 12.1 Å². The summed E-state index contributed by atoms with van der Waals surface area (Å²) in [7, 11) is 1.74. The Morgan fingerprint density at radius 1 is 1.50 bits per heavy atom. The highest BCUT2D eigenvalue weighted by atomic mass is 35.5. The Bertz CT molecular complexity index is 478. The minimum atomic E-state index is -0.138. The smallest absolute Gasteiger partial charge is 0.317 e.